The monoisotopic (exact) mass is 336 g/mol. The maximum atomic E-state index is 0. The molecular formula is HBaCl2I. The minimum absolute atomic E-state index is 0. The summed E-state index contributed by atoms with van der Waals surface area (Å²) >= 11 is 0. The van der Waals surface area contributed by atoms with E-state index < -0.39 is 0 Å². The Morgan fingerprint density at radius 3 is 1.00 bits per heavy atom. The molecule has 0 saturated carbocycles. The fraction of sp³-hybridized carbons (Fsp3) is 0. The van der Waals surface area contributed by atoms with E-state index in [4.69, 9.17) is 0 Å². The first kappa shape index (κ1) is 28.7. The Morgan fingerprint density at radius 2 is 1.00 bits per heavy atom. The summed E-state index contributed by atoms with van der Waals surface area (Å²) in [6.45, 7) is 0. The van der Waals surface area contributed by atoms with Crippen molar-refractivity contribution in [2.45, 2.75) is 0 Å². The van der Waals surface area contributed by atoms with Gasteiger partial charge in [0.15, 0.2) is 0 Å². The van der Waals surface area contributed by atoms with E-state index >= 15 is 0 Å². The topological polar surface area (TPSA) is 0 Å². The van der Waals surface area contributed by atoms with E-state index in [1.807, 2.05) is 0 Å². The molecule has 4 heteroatoms. The van der Waals surface area contributed by atoms with E-state index in [-0.39, 0.29) is 97.7 Å². The van der Waals surface area contributed by atoms with E-state index in [9.17, 15) is 0 Å². The van der Waals surface area contributed by atoms with E-state index in [0.29, 0.717) is 0 Å². The van der Waals surface area contributed by atoms with E-state index in [1.165, 1.54) is 0 Å². The van der Waals surface area contributed by atoms with Crippen molar-refractivity contribution in [1.82, 2.24) is 0 Å². The normalized spacial score (nSPS) is 0. The molecule has 0 aliphatic rings. The first-order chi connectivity index (χ1) is 0. The van der Waals surface area contributed by atoms with Crippen molar-refractivity contribution in [1.29, 1.82) is 0 Å². The summed E-state index contributed by atoms with van der Waals surface area (Å²) in [5.41, 5.74) is 0. The van der Waals surface area contributed by atoms with E-state index in [1.54, 1.807) is 0 Å². The third kappa shape index (κ3) is 8.86. The Hall–Kier alpha value is 2.88. The molecule has 0 heterocycles. The molecule has 0 aliphatic heterocycles. The Bertz CT molecular complexity index is 6.00. The molecule has 0 saturated heterocycles. The van der Waals surface area contributed by atoms with Crippen molar-refractivity contribution >= 4 is 61.3 Å². The van der Waals surface area contributed by atoms with Gasteiger partial charge in [0.1, 0.15) is 0 Å². The molecule has 0 aromatic carbocycles. The van der Waals surface area contributed by atoms with Crippen LogP contribution in [0.1, 0.15) is 0 Å². The summed E-state index contributed by atoms with van der Waals surface area (Å²) < 4.78 is 0. The van der Waals surface area contributed by atoms with Crippen LogP contribution in [0.4, 0.5) is 0 Å². The maximum Gasteiger partial charge on any atom is 2.00 e. The van der Waals surface area contributed by atoms with Gasteiger partial charge in [-0.2, -0.15) is 0 Å². The van der Waals surface area contributed by atoms with Gasteiger partial charge in [0.25, 0.3) is 0 Å². The van der Waals surface area contributed by atoms with Gasteiger partial charge < -0.3 is 36.4 Å². The molecule has 0 aromatic heterocycles. The van der Waals surface area contributed by atoms with Gasteiger partial charge in [0, 0.05) is 0 Å². The summed E-state index contributed by atoms with van der Waals surface area (Å²) in [5.74, 6) is 0. The number of halogens is 3. The predicted octanol–water partition coefficient (Wildman–Crippen LogP) is -5.95. The van der Waals surface area contributed by atoms with E-state index in [0.717, 1.165) is 0 Å². The molecule has 0 spiro atoms. The van der Waals surface area contributed by atoms with Gasteiger partial charge >= 0.3 is 48.9 Å². The van der Waals surface area contributed by atoms with Crippen LogP contribution in [0.15, 0.2) is 0 Å². The van der Waals surface area contributed by atoms with Crippen LogP contribution in [-0.2, 0) is 0 Å². The smallest absolute Gasteiger partial charge is 1.00 e. The van der Waals surface area contributed by atoms with Crippen LogP contribution in [0.5, 0.6) is 0 Å². The minimum atomic E-state index is 0. The number of hydrogen-bond donors (Lipinski definition) is 0. The molecule has 0 N–H and O–H groups in total. The zero-order valence-electron chi connectivity index (χ0n) is 1.87. The van der Waals surface area contributed by atoms with Crippen molar-refractivity contribution in [2.24, 2.45) is 0 Å². The van der Waals surface area contributed by atoms with Crippen LogP contribution in [-0.4, -0.2) is 48.9 Å². The van der Waals surface area contributed by atoms with Gasteiger partial charge in [-0.05, 0) is 0 Å². The van der Waals surface area contributed by atoms with Crippen LogP contribution in [0.25, 0.3) is 0 Å². The van der Waals surface area contributed by atoms with Crippen molar-refractivity contribution in [3.05, 3.63) is 0 Å². The molecule has 0 amide bonds. The van der Waals surface area contributed by atoms with Crippen molar-refractivity contribution in [2.75, 3.05) is 0 Å². The maximum absolute atomic E-state index is 0. The first-order valence-corrected chi connectivity index (χ1v) is 0. The average Bonchev–Trinajstić information content (AvgIpc) is 0. The quantitative estimate of drug-likeness (QED) is 0.305. The van der Waals surface area contributed by atoms with Crippen LogP contribution >= 0.6 is 12.4 Å². The van der Waals surface area contributed by atoms with Gasteiger partial charge in [-0.3, -0.25) is 0 Å². The molecule has 0 aromatic rings. The molecule has 0 nitrogen and oxygen atoms in total. The van der Waals surface area contributed by atoms with Crippen molar-refractivity contribution in [3.8, 4) is 0 Å². The van der Waals surface area contributed by atoms with Gasteiger partial charge in [-0.15, -0.1) is 12.4 Å². The third-order valence-corrected chi connectivity index (χ3v) is 0. The summed E-state index contributed by atoms with van der Waals surface area (Å²) in [6.07, 6.45) is 0. The molecule has 0 unspecified atom stereocenters. The van der Waals surface area contributed by atoms with Gasteiger partial charge in [0.2, 0.25) is 0 Å². The molecule has 0 rings (SSSR count). The van der Waals surface area contributed by atoms with Gasteiger partial charge in [-0.1, -0.05) is 0 Å². The van der Waals surface area contributed by atoms with Crippen LogP contribution in [0.2, 0.25) is 0 Å². The molecule has 0 aliphatic carbocycles. The Morgan fingerprint density at radius 1 is 1.00 bits per heavy atom. The fourth-order valence-corrected chi connectivity index (χ4v) is 0. The van der Waals surface area contributed by atoms with Crippen LogP contribution < -0.4 is 36.4 Å². The summed E-state index contributed by atoms with van der Waals surface area (Å²) in [6, 6.07) is 0. The molecule has 0 radical (unpaired) electrons. The zero-order valence-corrected chi connectivity index (χ0v) is 10.0. The van der Waals surface area contributed by atoms with Gasteiger partial charge in [0.05, 0.1) is 0 Å². The largest absolute Gasteiger partial charge is 2.00 e. The molecule has 4 heavy (non-hydrogen) atoms. The Labute approximate surface area is 95.4 Å². The summed E-state index contributed by atoms with van der Waals surface area (Å²) in [7, 11) is 0. The summed E-state index contributed by atoms with van der Waals surface area (Å²) in [4.78, 5) is 0. The standard InChI is InChI=1S/Ba.2ClH.HI/h;3*1H/q+2;;;/p-2. The predicted molar refractivity (Wildman–Crippen MR) is 13.0 cm³/mol. The Kier molecular flexibility index (Phi) is 121. The number of hydrogen-bond acceptors (Lipinski definition) is 0. The van der Waals surface area contributed by atoms with Crippen LogP contribution in [0, 0.1) is 0 Å². The third-order valence-electron chi connectivity index (χ3n) is 0. The molecule has 24 valence electrons. The molecule has 0 bridgehead atoms. The van der Waals surface area contributed by atoms with E-state index in [2.05, 4.69) is 0 Å². The molecule has 0 atom stereocenters. The Balaban J connectivity index is 0. The second-order valence-electron chi connectivity index (χ2n) is 0. The second-order valence-corrected chi connectivity index (χ2v) is 0. The SMILES string of the molecule is Cl.[Ba+2].[Cl-].[I-]. The molecular weight excluding hydrogens is 335 g/mol. The first-order valence-electron chi connectivity index (χ1n) is 0. The van der Waals surface area contributed by atoms with Crippen molar-refractivity contribution in [3.63, 3.8) is 0 Å². The molecule has 0 fully saturated rings. The summed E-state index contributed by atoms with van der Waals surface area (Å²) in [5, 5.41) is 0. The zero-order chi connectivity index (χ0) is 0. The minimum Gasteiger partial charge on any atom is -1.00 e. The number of rotatable bonds is 0. The van der Waals surface area contributed by atoms with Gasteiger partial charge in [-0.25, -0.2) is 0 Å². The van der Waals surface area contributed by atoms with Crippen molar-refractivity contribution < 1.29 is 36.4 Å². The van der Waals surface area contributed by atoms with Crippen LogP contribution in [0.3, 0.4) is 0 Å². The fourth-order valence-electron chi connectivity index (χ4n) is 0. The second kappa shape index (κ2) is 16.9. The average molecular weight is 336 g/mol.